The number of anilines is 2. The molecule has 0 fully saturated rings. The third-order valence-corrected chi connectivity index (χ3v) is 3.62. The number of hydrogen-bond acceptors (Lipinski definition) is 5. The molecule has 2 aromatic heterocycles. The maximum Gasteiger partial charge on any atom is 0.338 e. The molecule has 2 N–H and O–H groups in total. The van der Waals surface area contributed by atoms with Crippen LogP contribution in [-0.2, 0) is 0 Å². The summed E-state index contributed by atoms with van der Waals surface area (Å²) in [5.41, 5.74) is 0.871. The number of aromatic nitrogens is 2. The van der Waals surface area contributed by atoms with Crippen LogP contribution in [0.1, 0.15) is 10.4 Å². The highest BCUT2D eigenvalue weighted by atomic mass is 32.1. The molecule has 0 bridgehead atoms. The zero-order valence-corrected chi connectivity index (χ0v) is 10.8. The normalized spacial score (nSPS) is 10.7. The molecular weight excluding hydrogens is 281 g/mol. The number of hydrogen-bond donors (Lipinski definition) is 2. The van der Waals surface area contributed by atoms with Crippen molar-refractivity contribution in [1.82, 2.24) is 9.97 Å². The van der Waals surface area contributed by atoms with Crippen LogP contribution >= 0.6 is 11.3 Å². The van der Waals surface area contributed by atoms with Gasteiger partial charge < -0.3 is 10.4 Å². The first kappa shape index (κ1) is 12.5. The number of nitrogens with one attached hydrogen (secondary N) is 1. The molecule has 0 unspecified atom stereocenters. The zero-order chi connectivity index (χ0) is 14.1. The Labute approximate surface area is 116 Å². The fourth-order valence-corrected chi connectivity index (χ4v) is 2.57. The Morgan fingerprint density at radius 3 is 2.90 bits per heavy atom. The summed E-state index contributed by atoms with van der Waals surface area (Å²) < 4.78 is 14.5. The minimum absolute atomic E-state index is 0.362. The van der Waals surface area contributed by atoms with E-state index in [4.69, 9.17) is 5.11 Å². The van der Waals surface area contributed by atoms with Crippen molar-refractivity contribution in [3.63, 3.8) is 0 Å². The molecule has 0 spiro atoms. The number of rotatable bonds is 3. The summed E-state index contributed by atoms with van der Waals surface area (Å²) in [4.78, 5) is 19.0. The molecule has 7 heteroatoms. The number of carboxylic acids is 1. The van der Waals surface area contributed by atoms with Crippen molar-refractivity contribution in [2.45, 2.75) is 0 Å². The predicted molar refractivity (Wildman–Crippen MR) is 74.1 cm³/mol. The molecule has 0 amide bonds. The van der Waals surface area contributed by atoms with Gasteiger partial charge >= 0.3 is 5.97 Å². The fourth-order valence-electron chi connectivity index (χ4n) is 1.78. The summed E-state index contributed by atoms with van der Waals surface area (Å²) in [7, 11) is 0. The first-order valence-electron chi connectivity index (χ1n) is 5.63. The van der Waals surface area contributed by atoms with Crippen molar-refractivity contribution >= 4 is 39.0 Å². The van der Waals surface area contributed by atoms with E-state index in [0.717, 1.165) is 16.3 Å². The van der Waals surface area contributed by atoms with Crippen molar-refractivity contribution in [3.05, 3.63) is 47.4 Å². The quantitative estimate of drug-likeness (QED) is 0.774. The number of thiophene rings is 1. The third kappa shape index (κ3) is 2.19. The van der Waals surface area contributed by atoms with Gasteiger partial charge in [-0.1, -0.05) is 0 Å². The van der Waals surface area contributed by atoms with E-state index in [1.54, 1.807) is 0 Å². The van der Waals surface area contributed by atoms with E-state index >= 15 is 0 Å². The van der Waals surface area contributed by atoms with Crippen LogP contribution in [0.4, 0.5) is 15.9 Å². The highest BCUT2D eigenvalue weighted by Gasteiger charge is 2.11. The van der Waals surface area contributed by atoms with Gasteiger partial charge in [-0.05, 0) is 29.6 Å². The smallest absolute Gasteiger partial charge is 0.338 e. The van der Waals surface area contributed by atoms with E-state index in [0.29, 0.717) is 11.5 Å². The van der Waals surface area contributed by atoms with Gasteiger partial charge in [0.2, 0.25) is 0 Å². The molecule has 3 aromatic rings. The number of fused-ring (bicyclic) bond motifs is 1. The van der Waals surface area contributed by atoms with Crippen molar-refractivity contribution in [1.29, 1.82) is 0 Å². The summed E-state index contributed by atoms with van der Waals surface area (Å²) in [5.74, 6) is -1.52. The summed E-state index contributed by atoms with van der Waals surface area (Å²) in [6.45, 7) is 0. The summed E-state index contributed by atoms with van der Waals surface area (Å²) >= 11 is 1.47. The Hall–Kier alpha value is -2.54. The van der Waals surface area contributed by atoms with Gasteiger partial charge in [0.15, 0.2) is 5.82 Å². The van der Waals surface area contributed by atoms with Crippen molar-refractivity contribution in [2.75, 3.05) is 5.32 Å². The molecule has 0 aliphatic heterocycles. The average Bonchev–Trinajstić information content (AvgIpc) is 2.87. The van der Waals surface area contributed by atoms with E-state index < -0.39 is 11.8 Å². The second-order valence-corrected chi connectivity index (χ2v) is 4.90. The Kier molecular flexibility index (Phi) is 3.03. The Morgan fingerprint density at radius 1 is 1.30 bits per heavy atom. The maximum absolute atomic E-state index is 13.6. The van der Waals surface area contributed by atoms with Gasteiger partial charge in [-0.3, -0.25) is 0 Å². The molecule has 2 heterocycles. The van der Waals surface area contributed by atoms with Gasteiger partial charge in [0.05, 0.1) is 15.8 Å². The lowest BCUT2D eigenvalue weighted by molar-refractivity contribution is 0.0692. The second-order valence-electron chi connectivity index (χ2n) is 3.98. The van der Waals surface area contributed by atoms with Crippen LogP contribution in [-0.4, -0.2) is 21.0 Å². The molecule has 0 aliphatic rings. The highest BCUT2D eigenvalue weighted by Crippen LogP contribution is 2.27. The van der Waals surface area contributed by atoms with Crippen LogP contribution in [0.25, 0.3) is 10.2 Å². The number of carboxylic acid groups (broad SMARTS) is 1. The van der Waals surface area contributed by atoms with Gasteiger partial charge in [-0.2, -0.15) is 0 Å². The molecule has 20 heavy (non-hydrogen) atoms. The highest BCUT2D eigenvalue weighted by molar-refractivity contribution is 7.17. The fraction of sp³-hybridized carbons (Fsp3) is 0. The first-order valence-corrected chi connectivity index (χ1v) is 6.51. The van der Waals surface area contributed by atoms with Gasteiger partial charge in [0.1, 0.15) is 12.1 Å². The maximum atomic E-state index is 13.6. The lowest BCUT2D eigenvalue weighted by Crippen LogP contribution is -2.02. The van der Waals surface area contributed by atoms with Crippen molar-refractivity contribution < 1.29 is 14.3 Å². The van der Waals surface area contributed by atoms with E-state index in [1.807, 2.05) is 11.4 Å². The number of carbonyl (C=O) groups is 1. The minimum atomic E-state index is -1.29. The monoisotopic (exact) mass is 289 g/mol. The molecule has 3 rings (SSSR count). The van der Waals surface area contributed by atoms with Crippen LogP contribution in [0.2, 0.25) is 0 Å². The summed E-state index contributed by atoms with van der Waals surface area (Å²) in [6.07, 6.45) is 1.42. The second kappa shape index (κ2) is 4.86. The molecule has 0 radical (unpaired) electrons. The van der Waals surface area contributed by atoms with E-state index in [1.165, 1.54) is 29.8 Å². The van der Waals surface area contributed by atoms with Crippen LogP contribution in [0.5, 0.6) is 0 Å². The SMILES string of the molecule is O=C(O)c1ccc(Nc2ncnc3ccsc23)cc1F. The van der Waals surface area contributed by atoms with Crippen molar-refractivity contribution in [2.24, 2.45) is 0 Å². The predicted octanol–water partition coefficient (Wildman–Crippen LogP) is 3.27. The number of aromatic carboxylic acids is 1. The number of benzene rings is 1. The molecule has 0 saturated carbocycles. The average molecular weight is 289 g/mol. The lowest BCUT2D eigenvalue weighted by atomic mass is 10.2. The van der Waals surface area contributed by atoms with Gasteiger partial charge in [-0.15, -0.1) is 11.3 Å². The molecule has 0 atom stereocenters. The number of nitrogens with zero attached hydrogens (tertiary/aromatic N) is 2. The van der Waals surface area contributed by atoms with Crippen LogP contribution in [0.3, 0.4) is 0 Å². The van der Waals surface area contributed by atoms with Crippen LogP contribution in [0, 0.1) is 5.82 Å². The first-order chi connectivity index (χ1) is 9.65. The van der Waals surface area contributed by atoms with Crippen molar-refractivity contribution in [3.8, 4) is 0 Å². The summed E-state index contributed by atoms with van der Waals surface area (Å²) in [6, 6.07) is 5.70. The van der Waals surface area contributed by atoms with Gasteiger partial charge in [-0.25, -0.2) is 19.2 Å². The standard InChI is InChI=1S/C13H8FN3O2S/c14-9-5-7(1-2-8(9)13(18)19)17-12-11-10(3-4-20-11)15-6-16-12/h1-6H,(H,18,19)(H,15,16,17). The van der Waals surface area contributed by atoms with Crippen LogP contribution < -0.4 is 5.32 Å². The summed E-state index contributed by atoms with van der Waals surface area (Å²) in [5, 5.41) is 13.6. The van der Waals surface area contributed by atoms with Gasteiger partial charge in [0.25, 0.3) is 0 Å². The molecule has 0 saturated heterocycles. The molecular formula is C13H8FN3O2S. The van der Waals surface area contributed by atoms with E-state index in [-0.39, 0.29) is 5.56 Å². The van der Waals surface area contributed by atoms with Crippen LogP contribution in [0.15, 0.2) is 36.0 Å². The van der Waals surface area contributed by atoms with Gasteiger partial charge in [0, 0.05) is 5.69 Å². The molecule has 1 aromatic carbocycles. The molecule has 0 aliphatic carbocycles. The van der Waals surface area contributed by atoms with E-state index in [2.05, 4.69) is 15.3 Å². The Morgan fingerprint density at radius 2 is 2.15 bits per heavy atom. The number of halogens is 1. The minimum Gasteiger partial charge on any atom is -0.478 e. The molecule has 100 valence electrons. The zero-order valence-electron chi connectivity index (χ0n) is 10.0. The topological polar surface area (TPSA) is 75.1 Å². The third-order valence-electron chi connectivity index (χ3n) is 2.71. The molecule has 5 nitrogen and oxygen atoms in total. The Bertz CT molecular complexity index is 803. The lowest BCUT2D eigenvalue weighted by Gasteiger charge is -2.07. The largest absolute Gasteiger partial charge is 0.478 e. The Balaban J connectivity index is 1.97. The van der Waals surface area contributed by atoms with E-state index in [9.17, 15) is 9.18 Å².